The molecule has 9 nitrogen and oxygen atoms in total. The zero-order valence-electron chi connectivity index (χ0n) is 18.3. The van der Waals surface area contributed by atoms with Gasteiger partial charge in [0.15, 0.2) is 0 Å². The summed E-state index contributed by atoms with van der Waals surface area (Å²) in [5.74, 6) is 1.09. The van der Waals surface area contributed by atoms with Gasteiger partial charge in [0.2, 0.25) is 5.95 Å². The lowest BCUT2D eigenvalue weighted by Crippen LogP contribution is -2.27. The number of carbonyl (C=O) groups excluding carboxylic acids is 1. The van der Waals surface area contributed by atoms with Crippen molar-refractivity contribution in [1.29, 1.82) is 0 Å². The topological polar surface area (TPSA) is 123 Å². The maximum absolute atomic E-state index is 11.7. The molecular formula is C22H32N6O3S. The van der Waals surface area contributed by atoms with E-state index < -0.39 is 5.91 Å². The van der Waals surface area contributed by atoms with Crippen molar-refractivity contribution in [2.45, 2.75) is 51.2 Å². The second-order valence-corrected chi connectivity index (χ2v) is 7.97. The highest BCUT2D eigenvalue weighted by Gasteiger charge is 2.24. The normalized spacial score (nSPS) is 17.1. The Kier molecular flexibility index (Phi) is 8.40. The smallest absolute Gasteiger partial charge is 0.254 e. The summed E-state index contributed by atoms with van der Waals surface area (Å²) in [5.41, 5.74) is 7.43. The van der Waals surface area contributed by atoms with Crippen LogP contribution >= 0.6 is 13.5 Å². The summed E-state index contributed by atoms with van der Waals surface area (Å²) < 4.78 is 11.9. The molecule has 1 saturated carbocycles. The zero-order valence-corrected chi connectivity index (χ0v) is 19.3. The van der Waals surface area contributed by atoms with Crippen molar-refractivity contribution in [3.05, 3.63) is 30.0 Å². The quantitative estimate of drug-likeness (QED) is 0.398. The van der Waals surface area contributed by atoms with Gasteiger partial charge in [-0.25, -0.2) is 4.98 Å². The monoisotopic (exact) mass is 460 g/mol. The number of nitrogens with zero attached hydrogens (tertiary/aromatic N) is 2. The molecule has 1 aliphatic heterocycles. The Morgan fingerprint density at radius 1 is 1.34 bits per heavy atom. The molecule has 32 heavy (non-hydrogen) atoms. The lowest BCUT2D eigenvalue weighted by Gasteiger charge is -2.15. The van der Waals surface area contributed by atoms with Gasteiger partial charge in [-0.15, -0.1) is 0 Å². The minimum absolute atomic E-state index is 0. The molecule has 10 heteroatoms. The maximum atomic E-state index is 11.7. The predicted octanol–water partition coefficient (Wildman–Crippen LogP) is 3.39. The van der Waals surface area contributed by atoms with Crippen molar-refractivity contribution in [1.82, 2.24) is 9.97 Å². The summed E-state index contributed by atoms with van der Waals surface area (Å²) in [7, 11) is 0. The minimum atomic E-state index is -0.549. The van der Waals surface area contributed by atoms with Gasteiger partial charge in [-0.05, 0) is 37.5 Å². The van der Waals surface area contributed by atoms with Crippen LogP contribution in [0.5, 0.6) is 5.75 Å². The molecule has 2 aliphatic rings. The summed E-state index contributed by atoms with van der Waals surface area (Å²) in [6.07, 6.45) is 7.01. The first-order valence-corrected chi connectivity index (χ1v) is 10.9. The van der Waals surface area contributed by atoms with Gasteiger partial charge in [0, 0.05) is 31.1 Å². The number of benzene rings is 1. The van der Waals surface area contributed by atoms with Crippen LogP contribution in [0.15, 0.2) is 24.4 Å². The van der Waals surface area contributed by atoms with E-state index in [9.17, 15) is 4.79 Å². The van der Waals surface area contributed by atoms with Crippen LogP contribution in [-0.2, 0) is 4.74 Å². The number of amides is 1. The summed E-state index contributed by atoms with van der Waals surface area (Å²) >= 11 is 0. The highest BCUT2D eigenvalue weighted by atomic mass is 32.1. The number of nitrogens with two attached hydrogens (primary N) is 1. The molecule has 1 fully saturated rings. The van der Waals surface area contributed by atoms with E-state index in [1.807, 2.05) is 18.2 Å². The molecule has 1 atom stereocenters. The van der Waals surface area contributed by atoms with Crippen molar-refractivity contribution in [3.63, 3.8) is 0 Å². The first-order valence-electron chi connectivity index (χ1n) is 10.9. The van der Waals surface area contributed by atoms with E-state index in [2.05, 4.69) is 32.8 Å². The fourth-order valence-corrected chi connectivity index (χ4v) is 3.33. The number of nitrogens with one attached hydrogen (secondary N) is 3. The molecule has 1 amide bonds. The summed E-state index contributed by atoms with van der Waals surface area (Å²) in [6, 6.07) is 6.11. The van der Waals surface area contributed by atoms with Crippen LogP contribution in [0.1, 0.15) is 49.4 Å². The highest BCUT2D eigenvalue weighted by molar-refractivity contribution is 7.59. The zero-order chi connectivity index (χ0) is 21.6. The van der Waals surface area contributed by atoms with Crippen molar-refractivity contribution < 1.29 is 14.3 Å². The number of rotatable bonds is 10. The standard InChI is InChI=1S/C22H30N6O3.H2S/c1-2-3-4-9-30-16-11-24-18-10-15(7-8-19(18)31-13-16)27-22-25-12-17(20(23)29)21(28-22)26-14-5-6-14;/h7-8,10,12,14,16,24H,2-6,9,11,13H2,1H3,(H2,23,29)(H2,25,26,27,28);1H2/t16-;/m0./s1. The molecule has 1 aromatic heterocycles. The molecule has 0 bridgehead atoms. The Morgan fingerprint density at radius 2 is 2.19 bits per heavy atom. The molecule has 5 N–H and O–H groups in total. The van der Waals surface area contributed by atoms with Crippen LogP contribution in [-0.4, -0.2) is 47.8 Å². The molecule has 0 radical (unpaired) electrons. The van der Waals surface area contributed by atoms with Crippen molar-refractivity contribution in [2.24, 2.45) is 5.73 Å². The Labute approximate surface area is 195 Å². The number of anilines is 4. The van der Waals surface area contributed by atoms with Gasteiger partial charge in [-0.2, -0.15) is 18.5 Å². The minimum Gasteiger partial charge on any atom is -0.489 e. The van der Waals surface area contributed by atoms with Gasteiger partial charge in [-0.1, -0.05) is 19.8 Å². The number of carbonyl (C=O) groups is 1. The first-order chi connectivity index (χ1) is 15.1. The number of primary amides is 1. The van der Waals surface area contributed by atoms with Gasteiger partial charge in [0.05, 0.1) is 11.3 Å². The van der Waals surface area contributed by atoms with E-state index in [-0.39, 0.29) is 19.6 Å². The van der Waals surface area contributed by atoms with Crippen LogP contribution in [0.2, 0.25) is 0 Å². The average molecular weight is 461 g/mol. The third kappa shape index (κ3) is 6.39. The molecule has 174 valence electrons. The number of hydrogen-bond acceptors (Lipinski definition) is 8. The van der Waals surface area contributed by atoms with Crippen molar-refractivity contribution >= 4 is 42.5 Å². The largest absolute Gasteiger partial charge is 0.489 e. The lowest BCUT2D eigenvalue weighted by atomic mass is 10.2. The number of unbranched alkanes of at least 4 members (excludes halogenated alkanes) is 2. The maximum Gasteiger partial charge on any atom is 0.254 e. The van der Waals surface area contributed by atoms with Gasteiger partial charge < -0.3 is 31.2 Å². The lowest BCUT2D eigenvalue weighted by molar-refractivity contribution is 0.0294. The molecule has 1 aliphatic carbocycles. The second-order valence-electron chi connectivity index (χ2n) is 7.97. The van der Waals surface area contributed by atoms with Crippen molar-refractivity contribution in [2.75, 3.05) is 35.7 Å². The summed E-state index contributed by atoms with van der Waals surface area (Å²) in [5, 5.41) is 9.84. The summed E-state index contributed by atoms with van der Waals surface area (Å²) in [4.78, 5) is 20.4. The fraction of sp³-hybridized carbons (Fsp3) is 0.500. The Hall–Kier alpha value is -2.72. The van der Waals surface area contributed by atoms with E-state index in [1.165, 1.54) is 19.0 Å². The van der Waals surface area contributed by atoms with E-state index in [0.717, 1.165) is 43.0 Å². The van der Waals surface area contributed by atoms with Crippen LogP contribution < -0.4 is 26.4 Å². The number of aromatic nitrogens is 2. The van der Waals surface area contributed by atoms with Gasteiger partial charge in [0.1, 0.15) is 24.3 Å². The summed E-state index contributed by atoms with van der Waals surface area (Å²) in [6.45, 7) is 4.14. The number of fused-ring (bicyclic) bond motifs is 1. The third-order valence-electron chi connectivity index (χ3n) is 5.25. The molecule has 2 aromatic rings. The first kappa shape index (κ1) is 23.9. The van der Waals surface area contributed by atoms with Gasteiger partial charge in [-0.3, -0.25) is 4.79 Å². The van der Waals surface area contributed by atoms with E-state index >= 15 is 0 Å². The molecule has 4 rings (SSSR count). The number of hydrogen-bond donors (Lipinski definition) is 4. The predicted molar refractivity (Wildman–Crippen MR) is 131 cm³/mol. The fourth-order valence-electron chi connectivity index (χ4n) is 3.33. The molecule has 0 spiro atoms. The van der Waals surface area contributed by atoms with E-state index in [1.54, 1.807) is 0 Å². The number of ether oxygens (including phenoxy) is 2. The average Bonchev–Trinajstić information content (AvgIpc) is 3.59. The SMILES string of the molecule is CCCCCO[C@H]1CNc2cc(Nc3ncc(C(N)=O)c(NC4CC4)n3)ccc2OC1.S. The van der Waals surface area contributed by atoms with Crippen LogP contribution in [0, 0.1) is 0 Å². The van der Waals surface area contributed by atoms with Gasteiger partial charge >= 0.3 is 0 Å². The van der Waals surface area contributed by atoms with Gasteiger partial charge in [0.25, 0.3) is 5.91 Å². The van der Waals surface area contributed by atoms with E-state index in [0.29, 0.717) is 36.5 Å². The van der Waals surface area contributed by atoms with Crippen LogP contribution in [0.3, 0.4) is 0 Å². The molecule has 0 saturated heterocycles. The van der Waals surface area contributed by atoms with Crippen LogP contribution in [0.25, 0.3) is 0 Å². The Balaban J connectivity index is 0.00000289. The van der Waals surface area contributed by atoms with Crippen molar-refractivity contribution in [3.8, 4) is 5.75 Å². The third-order valence-corrected chi connectivity index (χ3v) is 5.25. The molecule has 0 unspecified atom stereocenters. The van der Waals surface area contributed by atoms with Crippen LogP contribution in [0.4, 0.5) is 23.1 Å². The Morgan fingerprint density at radius 3 is 2.94 bits per heavy atom. The molecule has 1 aromatic carbocycles. The molecule has 2 heterocycles. The highest BCUT2D eigenvalue weighted by Crippen LogP contribution is 2.31. The molecular weight excluding hydrogens is 428 g/mol. The van der Waals surface area contributed by atoms with E-state index in [4.69, 9.17) is 15.2 Å². The Bertz CT molecular complexity index is 925. The second kappa shape index (κ2) is 11.2.